The van der Waals surface area contributed by atoms with Gasteiger partial charge in [-0.15, -0.1) is 0 Å². The highest BCUT2D eigenvalue weighted by Crippen LogP contribution is 2.27. The highest BCUT2D eigenvalue weighted by molar-refractivity contribution is 5.15. The fraction of sp³-hybridized carbons (Fsp3) is 0.571. The van der Waals surface area contributed by atoms with E-state index in [-0.39, 0.29) is 0 Å². The molecule has 1 saturated heterocycles. The fourth-order valence-electron chi connectivity index (χ4n) is 2.43. The SMILES string of the molecule is CC(C)(O)[C@@H]1CCN1CCc1ccccc1. The van der Waals surface area contributed by atoms with E-state index in [1.807, 2.05) is 19.9 Å². The Balaban J connectivity index is 1.84. The Hall–Kier alpha value is -0.860. The number of likely N-dealkylation sites (tertiary alicyclic amines) is 1. The summed E-state index contributed by atoms with van der Waals surface area (Å²) < 4.78 is 0. The van der Waals surface area contributed by atoms with Gasteiger partial charge < -0.3 is 5.11 Å². The van der Waals surface area contributed by atoms with Gasteiger partial charge in [0.15, 0.2) is 0 Å². The van der Waals surface area contributed by atoms with Crippen molar-refractivity contribution in [1.29, 1.82) is 0 Å². The van der Waals surface area contributed by atoms with Gasteiger partial charge in [0.05, 0.1) is 5.60 Å². The molecule has 0 amide bonds. The van der Waals surface area contributed by atoms with Crippen LogP contribution in [-0.4, -0.2) is 34.7 Å². The summed E-state index contributed by atoms with van der Waals surface area (Å²) in [5.74, 6) is 0. The van der Waals surface area contributed by atoms with Crippen LogP contribution in [0, 0.1) is 0 Å². The molecular weight excluding hydrogens is 198 g/mol. The van der Waals surface area contributed by atoms with Crippen molar-refractivity contribution < 1.29 is 5.11 Å². The topological polar surface area (TPSA) is 23.5 Å². The molecule has 1 aliphatic rings. The van der Waals surface area contributed by atoms with Crippen molar-refractivity contribution in [2.75, 3.05) is 13.1 Å². The number of benzene rings is 1. The molecule has 2 heteroatoms. The van der Waals surface area contributed by atoms with Crippen molar-refractivity contribution in [3.63, 3.8) is 0 Å². The Labute approximate surface area is 97.9 Å². The summed E-state index contributed by atoms with van der Waals surface area (Å²) in [5.41, 5.74) is 0.818. The lowest BCUT2D eigenvalue weighted by atomic mass is 9.87. The Morgan fingerprint density at radius 2 is 2.00 bits per heavy atom. The van der Waals surface area contributed by atoms with Crippen molar-refractivity contribution in [2.45, 2.75) is 38.3 Å². The van der Waals surface area contributed by atoms with Crippen LogP contribution in [0.25, 0.3) is 0 Å². The Morgan fingerprint density at radius 1 is 1.31 bits per heavy atom. The number of hydrogen-bond acceptors (Lipinski definition) is 2. The van der Waals surface area contributed by atoms with Gasteiger partial charge >= 0.3 is 0 Å². The van der Waals surface area contributed by atoms with Crippen molar-refractivity contribution in [3.8, 4) is 0 Å². The third kappa shape index (κ3) is 2.63. The second-order valence-corrected chi connectivity index (χ2v) is 5.23. The minimum atomic E-state index is -0.561. The minimum Gasteiger partial charge on any atom is -0.389 e. The third-order valence-electron chi connectivity index (χ3n) is 3.48. The molecule has 1 atom stereocenters. The van der Waals surface area contributed by atoms with E-state index in [9.17, 15) is 5.11 Å². The van der Waals surface area contributed by atoms with Crippen LogP contribution < -0.4 is 0 Å². The third-order valence-corrected chi connectivity index (χ3v) is 3.48. The molecule has 88 valence electrons. The van der Waals surface area contributed by atoms with Gasteiger partial charge in [0, 0.05) is 19.1 Å². The summed E-state index contributed by atoms with van der Waals surface area (Å²) in [6, 6.07) is 10.9. The summed E-state index contributed by atoms with van der Waals surface area (Å²) in [4.78, 5) is 2.38. The quantitative estimate of drug-likeness (QED) is 0.838. The zero-order chi connectivity index (χ0) is 11.6. The second kappa shape index (κ2) is 4.56. The number of rotatable bonds is 4. The lowest BCUT2D eigenvalue weighted by Crippen LogP contribution is -2.58. The van der Waals surface area contributed by atoms with E-state index in [4.69, 9.17) is 0 Å². The van der Waals surface area contributed by atoms with Crippen LogP contribution in [0.5, 0.6) is 0 Å². The summed E-state index contributed by atoms with van der Waals surface area (Å²) in [6.45, 7) is 6.00. The molecule has 1 aliphatic heterocycles. The molecule has 0 unspecified atom stereocenters. The molecule has 0 aliphatic carbocycles. The molecule has 0 saturated carbocycles. The highest BCUT2D eigenvalue weighted by Gasteiger charge is 2.38. The predicted molar refractivity (Wildman–Crippen MR) is 66.4 cm³/mol. The van der Waals surface area contributed by atoms with Crippen molar-refractivity contribution in [3.05, 3.63) is 35.9 Å². The monoisotopic (exact) mass is 219 g/mol. The first-order valence-electron chi connectivity index (χ1n) is 6.08. The highest BCUT2D eigenvalue weighted by atomic mass is 16.3. The summed E-state index contributed by atoms with van der Waals surface area (Å²) in [5, 5.41) is 9.96. The van der Waals surface area contributed by atoms with Crippen molar-refractivity contribution in [1.82, 2.24) is 4.90 Å². The molecule has 0 aromatic heterocycles. The molecule has 1 fully saturated rings. The first kappa shape index (κ1) is 11.6. The van der Waals surface area contributed by atoms with Gasteiger partial charge in [-0.1, -0.05) is 30.3 Å². The van der Waals surface area contributed by atoms with E-state index in [0.717, 1.165) is 25.9 Å². The summed E-state index contributed by atoms with van der Waals surface area (Å²) in [7, 11) is 0. The molecule has 2 rings (SSSR count). The lowest BCUT2D eigenvalue weighted by molar-refractivity contribution is -0.0691. The van der Waals surface area contributed by atoms with E-state index in [1.54, 1.807) is 0 Å². The van der Waals surface area contributed by atoms with Gasteiger partial charge in [0.1, 0.15) is 0 Å². The van der Waals surface area contributed by atoms with E-state index < -0.39 is 5.60 Å². The molecular formula is C14H21NO. The number of aliphatic hydroxyl groups is 1. The predicted octanol–water partition coefficient (Wildman–Crippen LogP) is 2.07. The standard InChI is InChI=1S/C14H21NO/c1-14(2,16)13-9-11-15(13)10-8-12-6-4-3-5-7-12/h3-7,13,16H,8-11H2,1-2H3/t13-/m0/s1. The van der Waals surface area contributed by atoms with E-state index in [0.29, 0.717) is 6.04 Å². The van der Waals surface area contributed by atoms with Gasteiger partial charge in [-0.05, 0) is 32.3 Å². The molecule has 16 heavy (non-hydrogen) atoms. The summed E-state index contributed by atoms with van der Waals surface area (Å²) >= 11 is 0. The maximum absolute atomic E-state index is 9.96. The normalized spacial score (nSPS) is 21.8. The largest absolute Gasteiger partial charge is 0.389 e. The van der Waals surface area contributed by atoms with Gasteiger partial charge in [0.2, 0.25) is 0 Å². The lowest BCUT2D eigenvalue weighted by Gasteiger charge is -2.47. The molecule has 1 heterocycles. The number of hydrogen-bond donors (Lipinski definition) is 1. The van der Waals surface area contributed by atoms with Crippen LogP contribution in [-0.2, 0) is 6.42 Å². The van der Waals surface area contributed by atoms with E-state index >= 15 is 0 Å². The van der Waals surface area contributed by atoms with Crippen LogP contribution in [0.15, 0.2) is 30.3 Å². The molecule has 0 radical (unpaired) electrons. The van der Waals surface area contributed by atoms with Gasteiger partial charge in [-0.2, -0.15) is 0 Å². The van der Waals surface area contributed by atoms with Crippen LogP contribution in [0.3, 0.4) is 0 Å². The van der Waals surface area contributed by atoms with Crippen LogP contribution in [0.4, 0.5) is 0 Å². The Kier molecular flexibility index (Phi) is 3.31. The van der Waals surface area contributed by atoms with Crippen LogP contribution in [0.2, 0.25) is 0 Å². The summed E-state index contributed by atoms with van der Waals surface area (Å²) in [6.07, 6.45) is 2.20. The van der Waals surface area contributed by atoms with Gasteiger partial charge in [-0.25, -0.2) is 0 Å². The van der Waals surface area contributed by atoms with Crippen molar-refractivity contribution in [2.24, 2.45) is 0 Å². The van der Waals surface area contributed by atoms with Gasteiger partial charge in [0.25, 0.3) is 0 Å². The number of nitrogens with zero attached hydrogens (tertiary/aromatic N) is 1. The molecule has 0 bridgehead atoms. The van der Waals surface area contributed by atoms with E-state index in [2.05, 4.69) is 29.2 Å². The maximum Gasteiger partial charge on any atom is 0.0746 e. The molecule has 1 aromatic rings. The molecule has 1 aromatic carbocycles. The minimum absolute atomic E-state index is 0.344. The van der Waals surface area contributed by atoms with Crippen LogP contribution >= 0.6 is 0 Å². The van der Waals surface area contributed by atoms with E-state index in [1.165, 1.54) is 5.56 Å². The first-order valence-corrected chi connectivity index (χ1v) is 6.08. The maximum atomic E-state index is 9.96. The Morgan fingerprint density at radius 3 is 2.50 bits per heavy atom. The van der Waals surface area contributed by atoms with Crippen molar-refractivity contribution >= 4 is 0 Å². The smallest absolute Gasteiger partial charge is 0.0746 e. The Bertz CT molecular complexity index is 328. The average Bonchev–Trinajstić information content (AvgIpc) is 2.15. The molecule has 2 nitrogen and oxygen atoms in total. The first-order chi connectivity index (χ1) is 7.57. The average molecular weight is 219 g/mol. The molecule has 0 spiro atoms. The second-order valence-electron chi connectivity index (χ2n) is 5.23. The van der Waals surface area contributed by atoms with Crippen LogP contribution in [0.1, 0.15) is 25.8 Å². The molecule has 1 N–H and O–H groups in total. The fourth-order valence-corrected chi connectivity index (χ4v) is 2.43. The zero-order valence-corrected chi connectivity index (χ0v) is 10.2. The zero-order valence-electron chi connectivity index (χ0n) is 10.2. The van der Waals surface area contributed by atoms with Gasteiger partial charge in [-0.3, -0.25) is 4.90 Å².